The number of aromatic amines is 1. The van der Waals surface area contributed by atoms with Gasteiger partial charge in [-0.05, 0) is 35.7 Å². The molecule has 1 aromatic rings. The zero-order valence-electron chi connectivity index (χ0n) is 9.57. The van der Waals surface area contributed by atoms with E-state index in [-0.39, 0.29) is 17.3 Å². The molecule has 0 saturated carbocycles. The lowest BCUT2D eigenvalue weighted by Gasteiger charge is -2.30. The lowest BCUT2D eigenvalue weighted by atomic mass is 9.93. The topological polar surface area (TPSA) is 66.1 Å². The summed E-state index contributed by atoms with van der Waals surface area (Å²) < 4.78 is 0.612. The molecule has 2 rings (SSSR count). The number of Topliss-reactive ketones (excluding diaryl/α,β-unsaturated/α-hetero) is 1. The number of nitrogens with one attached hydrogen (secondary N) is 1. The average molecular weight is 300 g/mol. The third-order valence-corrected chi connectivity index (χ3v) is 3.51. The summed E-state index contributed by atoms with van der Waals surface area (Å²) in [6.45, 7) is 3.04. The number of carbonyl (C=O) groups excluding carboxylic acids is 1. The van der Waals surface area contributed by atoms with Gasteiger partial charge in [0, 0.05) is 25.2 Å². The minimum Gasteiger partial charge on any atom is -0.352 e. The van der Waals surface area contributed by atoms with E-state index in [0.29, 0.717) is 23.5 Å². The number of hydrogen-bond donors (Lipinski definition) is 1. The largest absolute Gasteiger partial charge is 0.352 e. The van der Waals surface area contributed by atoms with Crippen LogP contribution in [0.4, 0.5) is 5.82 Å². The summed E-state index contributed by atoms with van der Waals surface area (Å²) in [7, 11) is 0. The van der Waals surface area contributed by atoms with E-state index in [4.69, 9.17) is 0 Å². The molecule has 0 amide bonds. The third-order valence-electron chi connectivity index (χ3n) is 3.11. The van der Waals surface area contributed by atoms with Gasteiger partial charge in [-0.1, -0.05) is 0 Å². The van der Waals surface area contributed by atoms with Crippen molar-refractivity contribution < 1.29 is 4.79 Å². The van der Waals surface area contributed by atoms with E-state index in [1.807, 2.05) is 4.90 Å². The van der Waals surface area contributed by atoms with Crippen molar-refractivity contribution in [1.82, 2.24) is 9.97 Å². The first-order valence-corrected chi connectivity index (χ1v) is 6.38. The molecule has 0 radical (unpaired) electrons. The molecule has 17 heavy (non-hydrogen) atoms. The lowest BCUT2D eigenvalue weighted by molar-refractivity contribution is -0.121. The van der Waals surface area contributed by atoms with E-state index in [0.717, 1.165) is 12.8 Å². The molecule has 1 N–H and O–H groups in total. The molecule has 0 atom stereocenters. The van der Waals surface area contributed by atoms with Gasteiger partial charge in [-0.25, -0.2) is 4.98 Å². The standard InChI is InChI=1S/C11H14BrN3O2/c1-7(16)8-2-4-15(5-3-8)10-11(17)13-6-9(12)14-10/h6,8H,2-5H2,1H3,(H,13,17). The van der Waals surface area contributed by atoms with Gasteiger partial charge in [-0.3, -0.25) is 9.59 Å². The van der Waals surface area contributed by atoms with Crippen LogP contribution >= 0.6 is 15.9 Å². The van der Waals surface area contributed by atoms with Gasteiger partial charge in [0.1, 0.15) is 10.4 Å². The Hall–Kier alpha value is -1.17. The van der Waals surface area contributed by atoms with Crippen molar-refractivity contribution in [2.75, 3.05) is 18.0 Å². The van der Waals surface area contributed by atoms with Crippen LogP contribution in [0.1, 0.15) is 19.8 Å². The van der Waals surface area contributed by atoms with Gasteiger partial charge in [0.05, 0.1) is 0 Å². The van der Waals surface area contributed by atoms with E-state index in [1.54, 1.807) is 6.92 Å². The van der Waals surface area contributed by atoms with Crippen LogP contribution in [0.15, 0.2) is 15.6 Å². The van der Waals surface area contributed by atoms with Crippen molar-refractivity contribution in [2.24, 2.45) is 5.92 Å². The highest BCUT2D eigenvalue weighted by Crippen LogP contribution is 2.21. The second-order valence-electron chi connectivity index (χ2n) is 4.25. The van der Waals surface area contributed by atoms with Gasteiger partial charge in [0.2, 0.25) is 0 Å². The highest BCUT2D eigenvalue weighted by atomic mass is 79.9. The molecule has 1 aromatic heterocycles. The third kappa shape index (κ3) is 2.74. The van der Waals surface area contributed by atoms with Gasteiger partial charge in [0.15, 0.2) is 5.82 Å². The molecule has 1 saturated heterocycles. The number of anilines is 1. The molecule has 0 aliphatic carbocycles. The van der Waals surface area contributed by atoms with Crippen LogP contribution in [0.5, 0.6) is 0 Å². The molecule has 1 aliphatic heterocycles. The van der Waals surface area contributed by atoms with Crippen LogP contribution in [0.2, 0.25) is 0 Å². The molecule has 2 heterocycles. The van der Waals surface area contributed by atoms with E-state index < -0.39 is 0 Å². The van der Waals surface area contributed by atoms with Crippen LogP contribution in [-0.2, 0) is 4.79 Å². The average Bonchev–Trinajstić information content (AvgIpc) is 2.32. The molecule has 92 valence electrons. The fourth-order valence-electron chi connectivity index (χ4n) is 2.09. The van der Waals surface area contributed by atoms with Crippen LogP contribution in [-0.4, -0.2) is 28.8 Å². The molecule has 0 spiro atoms. The Morgan fingerprint density at radius 2 is 2.18 bits per heavy atom. The lowest BCUT2D eigenvalue weighted by Crippen LogP contribution is -2.39. The molecule has 5 nitrogen and oxygen atoms in total. The van der Waals surface area contributed by atoms with Crippen molar-refractivity contribution in [1.29, 1.82) is 0 Å². The van der Waals surface area contributed by atoms with E-state index >= 15 is 0 Å². The van der Waals surface area contributed by atoms with E-state index in [2.05, 4.69) is 25.9 Å². The fraction of sp³-hybridized carbons (Fsp3) is 0.545. The maximum atomic E-state index is 11.6. The van der Waals surface area contributed by atoms with Crippen LogP contribution < -0.4 is 10.5 Å². The monoisotopic (exact) mass is 299 g/mol. The summed E-state index contributed by atoms with van der Waals surface area (Å²) in [6.07, 6.45) is 3.11. The first-order chi connectivity index (χ1) is 8.08. The Kier molecular flexibility index (Phi) is 3.61. The van der Waals surface area contributed by atoms with Gasteiger partial charge in [0.25, 0.3) is 5.56 Å². The Morgan fingerprint density at radius 3 is 2.76 bits per heavy atom. The predicted octanol–water partition coefficient (Wildman–Crippen LogP) is 1.34. The zero-order valence-corrected chi connectivity index (χ0v) is 11.2. The predicted molar refractivity (Wildman–Crippen MR) is 68.2 cm³/mol. The first kappa shape index (κ1) is 12.3. The number of ketones is 1. The van der Waals surface area contributed by atoms with Gasteiger partial charge >= 0.3 is 0 Å². The second-order valence-corrected chi connectivity index (χ2v) is 5.06. The van der Waals surface area contributed by atoms with Crippen molar-refractivity contribution in [2.45, 2.75) is 19.8 Å². The number of nitrogens with zero attached hydrogens (tertiary/aromatic N) is 2. The second kappa shape index (κ2) is 5.00. The summed E-state index contributed by atoms with van der Waals surface area (Å²) in [5, 5.41) is 0. The molecular formula is C11H14BrN3O2. The van der Waals surface area contributed by atoms with Crippen molar-refractivity contribution >= 4 is 27.5 Å². The quantitative estimate of drug-likeness (QED) is 0.895. The summed E-state index contributed by atoms with van der Waals surface area (Å²) in [5.41, 5.74) is -0.186. The molecule has 1 fully saturated rings. The van der Waals surface area contributed by atoms with Crippen molar-refractivity contribution in [3.05, 3.63) is 21.2 Å². The Labute approximate surface area is 107 Å². The normalized spacial score (nSPS) is 17.2. The maximum Gasteiger partial charge on any atom is 0.290 e. The molecule has 0 aromatic carbocycles. The smallest absolute Gasteiger partial charge is 0.290 e. The van der Waals surface area contributed by atoms with Gasteiger partial charge < -0.3 is 9.88 Å². The molecule has 0 unspecified atom stereocenters. The summed E-state index contributed by atoms with van der Waals surface area (Å²) >= 11 is 3.24. The number of rotatable bonds is 2. The van der Waals surface area contributed by atoms with Crippen molar-refractivity contribution in [3.63, 3.8) is 0 Å². The minimum atomic E-state index is -0.186. The highest BCUT2D eigenvalue weighted by molar-refractivity contribution is 9.10. The fourth-order valence-corrected chi connectivity index (χ4v) is 2.37. The van der Waals surface area contributed by atoms with E-state index in [1.165, 1.54) is 6.20 Å². The summed E-state index contributed by atoms with van der Waals surface area (Å²) in [5.74, 6) is 0.805. The van der Waals surface area contributed by atoms with Crippen LogP contribution in [0.25, 0.3) is 0 Å². The Bertz CT molecular complexity index is 478. The molecule has 1 aliphatic rings. The summed E-state index contributed by atoms with van der Waals surface area (Å²) in [6, 6.07) is 0. The first-order valence-electron chi connectivity index (χ1n) is 5.58. The van der Waals surface area contributed by atoms with Crippen LogP contribution in [0, 0.1) is 5.92 Å². The van der Waals surface area contributed by atoms with Gasteiger partial charge in [-0.15, -0.1) is 0 Å². The summed E-state index contributed by atoms with van der Waals surface area (Å²) in [4.78, 5) is 31.6. The van der Waals surface area contributed by atoms with E-state index in [9.17, 15) is 9.59 Å². The zero-order chi connectivity index (χ0) is 12.4. The van der Waals surface area contributed by atoms with Crippen molar-refractivity contribution in [3.8, 4) is 0 Å². The molecular weight excluding hydrogens is 286 g/mol. The molecule has 0 bridgehead atoms. The number of piperidine rings is 1. The number of carbonyl (C=O) groups is 1. The number of H-pyrrole nitrogens is 1. The Balaban J connectivity index is 2.13. The van der Waals surface area contributed by atoms with Crippen LogP contribution in [0.3, 0.4) is 0 Å². The molecule has 6 heteroatoms. The number of aromatic nitrogens is 2. The number of hydrogen-bond acceptors (Lipinski definition) is 4. The van der Waals surface area contributed by atoms with Gasteiger partial charge in [-0.2, -0.15) is 0 Å². The minimum absolute atomic E-state index is 0.137. The highest BCUT2D eigenvalue weighted by Gasteiger charge is 2.24. The maximum absolute atomic E-state index is 11.6. The number of halogens is 1. The Morgan fingerprint density at radius 1 is 1.53 bits per heavy atom. The SMILES string of the molecule is CC(=O)C1CCN(c2nc(Br)c[nH]c2=O)CC1.